The van der Waals surface area contributed by atoms with Gasteiger partial charge in [-0.25, -0.2) is 9.97 Å². The number of anilines is 1. The number of furan rings is 1. The highest BCUT2D eigenvalue weighted by atomic mass is 32.1. The van der Waals surface area contributed by atoms with Crippen LogP contribution in [0.5, 0.6) is 0 Å². The summed E-state index contributed by atoms with van der Waals surface area (Å²) >= 11 is 2.56. The highest BCUT2D eigenvalue weighted by Crippen LogP contribution is 2.31. The number of carbonyl (C=O) groups excluding carboxylic acids is 2. The molecule has 4 rings (SSSR count). The molecule has 0 saturated carbocycles. The van der Waals surface area contributed by atoms with Gasteiger partial charge in [-0.3, -0.25) is 14.9 Å². The lowest BCUT2D eigenvalue weighted by Crippen LogP contribution is -2.11. The molecule has 0 aliphatic rings. The van der Waals surface area contributed by atoms with Gasteiger partial charge in [-0.15, -0.1) is 22.7 Å². The first-order valence-corrected chi connectivity index (χ1v) is 9.90. The van der Waals surface area contributed by atoms with Crippen LogP contribution in [0.15, 0.2) is 34.2 Å². The molecule has 0 aromatic carbocycles. The Labute approximate surface area is 167 Å². The topological polar surface area (TPSA) is 127 Å². The van der Waals surface area contributed by atoms with Gasteiger partial charge in [-0.1, -0.05) is 0 Å². The third-order valence-electron chi connectivity index (χ3n) is 3.92. The van der Waals surface area contributed by atoms with Crippen molar-refractivity contribution in [1.82, 2.24) is 15.0 Å². The number of rotatable bonds is 5. The lowest BCUT2D eigenvalue weighted by molar-refractivity contribution is 0.0994. The van der Waals surface area contributed by atoms with Gasteiger partial charge in [0.2, 0.25) is 0 Å². The Kier molecular flexibility index (Phi) is 4.57. The molecular formula is C18H15N5O3S2. The van der Waals surface area contributed by atoms with Crippen LogP contribution in [0.3, 0.4) is 0 Å². The highest BCUT2D eigenvalue weighted by molar-refractivity contribution is 7.17. The third-order valence-corrected chi connectivity index (χ3v) is 5.85. The molecule has 28 heavy (non-hydrogen) atoms. The number of amides is 2. The third kappa shape index (κ3) is 3.47. The van der Waals surface area contributed by atoms with Crippen molar-refractivity contribution < 1.29 is 14.0 Å². The summed E-state index contributed by atoms with van der Waals surface area (Å²) in [5.74, 6) is 0.600. The molecule has 8 nitrogen and oxygen atoms in total. The van der Waals surface area contributed by atoms with Crippen molar-refractivity contribution in [2.45, 2.75) is 13.8 Å². The number of H-pyrrole nitrogens is 1. The van der Waals surface area contributed by atoms with Crippen molar-refractivity contribution in [3.05, 3.63) is 51.8 Å². The second kappa shape index (κ2) is 7.06. The normalized spacial score (nSPS) is 10.9. The van der Waals surface area contributed by atoms with Crippen molar-refractivity contribution in [2.75, 3.05) is 5.32 Å². The van der Waals surface area contributed by atoms with E-state index in [2.05, 4.69) is 20.3 Å². The summed E-state index contributed by atoms with van der Waals surface area (Å²) in [6, 6.07) is 5.31. The average molecular weight is 413 g/mol. The van der Waals surface area contributed by atoms with Crippen LogP contribution in [0, 0.1) is 13.8 Å². The molecule has 2 amide bonds. The van der Waals surface area contributed by atoms with Crippen LogP contribution in [0.1, 0.15) is 31.6 Å². The zero-order chi connectivity index (χ0) is 19.8. The zero-order valence-corrected chi connectivity index (χ0v) is 16.5. The fourth-order valence-electron chi connectivity index (χ4n) is 2.56. The molecule has 4 heterocycles. The monoisotopic (exact) mass is 413 g/mol. The number of aromatic amines is 1. The fourth-order valence-corrected chi connectivity index (χ4v) is 4.20. The van der Waals surface area contributed by atoms with Crippen molar-refractivity contribution in [3.8, 4) is 22.0 Å². The van der Waals surface area contributed by atoms with E-state index in [1.807, 2.05) is 19.1 Å². The number of primary amides is 1. The maximum absolute atomic E-state index is 12.7. The summed E-state index contributed by atoms with van der Waals surface area (Å²) in [4.78, 5) is 36.0. The molecule has 142 valence electrons. The van der Waals surface area contributed by atoms with E-state index in [0.29, 0.717) is 37.9 Å². The van der Waals surface area contributed by atoms with Gasteiger partial charge in [0.05, 0.1) is 11.4 Å². The molecule has 0 atom stereocenters. The number of nitrogens with one attached hydrogen (secondary N) is 2. The van der Waals surface area contributed by atoms with E-state index >= 15 is 0 Å². The van der Waals surface area contributed by atoms with E-state index in [9.17, 15) is 9.59 Å². The van der Waals surface area contributed by atoms with Gasteiger partial charge in [0.25, 0.3) is 11.8 Å². The van der Waals surface area contributed by atoms with Gasteiger partial charge in [0.15, 0.2) is 15.9 Å². The van der Waals surface area contributed by atoms with Crippen LogP contribution in [0.25, 0.3) is 22.0 Å². The van der Waals surface area contributed by atoms with Gasteiger partial charge in [0.1, 0.15) is 16.3 Å². The van der Waals surface area contributed by atoms with Crippen LogP contribution in [0.4, 0.5) is 5.13 Å². The summed E-state index contributed by atoms with van der Waals surface area (Å²) < 4.78 is 5.58. The Morgan fingerprint density at radius 1 is 1.25 bits per heavy atom. The van der Waals surface area contributed by atoms with Gasteiger partial charge in [0, 0.05) is 17.1 Å². The quantitative estimate of drug-likeness (QED) is 0.458. The van der Waals surface area contributed by atoms with E-state index in [1.165, 1.54) is 22.7 Å². The number of aromatic nitrogens is 3. The van der Waals surface area contributed by atoms with Crippen LogP contribution in [-0.2, 0) is 0 Å². The van der Waals surface area contributed by atoms with Crippen LogP contribution in [-0.4, -0.2) is 26.8 Å². The van der Waals surface area contributed by atoms with Crippen molar-refractivity contribution in [2.24, 2.45) is 5.73 Å². The van der Waals surface area contributed by atoms with Crippen LogP contribution >= 0.6 is 22.7 Å². The predicted octanol–water partition coefficient (Wildman–Crippen LogP) is 3.82. The largest absolute Gasteiger partial charge is 0.459 e. The molecule has 0 aliphatic heterocycles. The van der Waals surface area contributed by atoms with E-state index < -0.39 is 5.91 Å². The number of nitrogens with two attached hydrogens (primary N) is 1. The molecule has 0 saturated heterocycles. The van der Waals surface area contributed by atoms with Gasteiger partial charge in [-0.2, -0.15) is 0 Å². The summed E-state index contributed by atoms with van der Waals surface area (Å²) in [5, 5.41) is 5.69. The highest BCUT2D eigenvalue weighted by Gasteiger charge is 2.19. The van der Waals surface area contributed by atoms with Crippen LogP contribution < -0.4 is 11.1 Å². The molecule has 10 heteroatoms. The minimum Gasteiger partial charge on any atom is -0.459 e. The van der Waals surface area contributed by atoms with Gasteiger partial charge in [-0.05, 0) is 32.0 Å². The lowest BCUT2D eigenvalue weighted by Gasteiger charge is -1.99. The van der Waals surface area contributed by atoms with Crippen molar-refractivity contribution in [1.29, 1.82) is 0 Å². The molecule has 4 N–H and O–H groups in total. The Bertz CT molecular complexity index is 1180. The summed E-state index contributed by atoms with van der Waals surface area (Å²) in [7, 11) is 0. The standard InChI is InChI=1S/C18H15N5O3S2/c1-8-3-4-13(26-8)17-21-9(2)14(28-17)16(25)23-18-22-12(7-27-18)10-5-11(15(19)24)20-6-10/h3-7,20H,1-2H3,(H2,19,24)(H,22,23,25). The molecule has 0 bridgehead atoms. The zero-order valence-electron chi connectivity index (χ0n) is 14.9. The Morgan fingerprint density at radius 3 is 2.75 bits per heavy atom. The molecule has 0 radical (unpaired) electrons. The van der Waals surface area contributed by atoms with E-state index in [-0.39, 0.29) is 5.91 Å². The number of hydrogen-bond donors (Lipinski definition) is 3. The number of nitrogens with zero attached hydrogens (tertiary/aromatic N) is 2. The smallest absolute Gasteiger partial charge is 0.269 e. The second-order valence-corrected chi connectivity index (χ2v) is 7.86. The Morgan fingerprint density at radius 2 is 2.07 bits per heavy atom. The lowest BCUT2D eigenvalue weighted by atomic mass is 10.2. The summed E-state index contributed by atoms with van der Waals surface area (Å²) in [5.41, 5.74) is 7.52. The Hall–Kier alpha value is -3.24. The maximum Gasteiger partial charge on any atom is 0.269 e. The summed E-state index contributed by atoms with van der Waals surface area (Å²) in [6.07, 6.45) is 1.64. The number of aryl methyl sites for hydroxylation is 2. The van der Waals surface area contributed by atoms with E-state index in [1.54, 1.807) is 24.6 Å². The maximum atomic E-state index is 12.7. The SMILES string of the molecule is Cc1ccc(-c2nc(C)c(C(=O)Nc3nc(-c4c[nH]c(C(N)=O)c4)cs3)s2)o1. The first-order valence-electron chi connectivity index (χ1n) is 8.20. The molecule has 0 aliphatic carbocycles. The average Bonchev–Trinajstić information content (AvgIpc) is 3.39. The molecule has 0 fully saturated rings. The first kappa shape index (κ1) is 18.1. The van der Waals surface area contributed by atoms with Crippen molar-refractivity contribution in [3.63, 3.8) is 0 Å². The molecule has 4 aromatic heterocycles. The number of carbonyl (C=O) groups is 2. The van der Waals surface area contributed by atoms with Crippen molar-refractivity contribution >= 4 is 39.6 Å². The van der Waals surface area contributed by atoms with Gasteiger partial charge < -0.3 is 15.1 Å². The van der Waals surface area contributed by atoms with E-state index in [4.69, 9.17) is 10.2 Å². The second-order valence-electron chi connectivity index (χ2n) is 6.00. The minimum absolute atomic E-state index is 0.280. The first-order chi connectivity index (χ1) is 13.4. The molecule has 0 unspecified atom stereocenters. The number of thiazole rings is 2. The van der Waals surface area contributed by atoms with Crippen LogP contribution in [0.2, 0.25) is 0 Å². The molecule has 4 aromatic rings. The summed E-state index contributed by atoms with van der Waals surface area (Å²) in [6.45, 7) is 3.64. The molecule has 0 spiro atoms. The van der Waals surface area contributed by atoms with E-state index in [0.717, 1.165) is 11.3 Å². The fraction of sp³-hybridized carbons (Fsp3) is 0.111. The minimum atomic E-state index is -0.543. The predicted molar refractivity (Wildman–Crippen MR) is 108 cm³/mol. The Balaban J connectivity index is 1.52. The molecular weight excluding hydrogens is 398 g/mol. The number of hydrogen-bond acceptors (Lipinski definition) is 7. The van der Waals surface area contributed by atoms with Gasteiger partial charge >= 0.3 is 0 Å².